The van der Waals surface area contributed by atoms with Crippen molar-refractivity contribution in [3.05, 3.63) is 125 Å². The van der Waals surface area contributed by atoms with Gasteiger partial charge in [-0.3, -0.25) is 0 Å². The molecular weight excluding hydrogens is 445 g/mol. The van der Waals surface area contributed by atoms with Crippen LogP contribution in [0.15, 0.2) is 97.1 Å². The number of benzene rings is 4. The summed E-state index contributed by atoms with van der Waals surface area (Å²) in [6, 6.07) is 34.6. The Hall–Kier alpha value is -2.73. The van der Waals surface area contributed by atoms with Crippen LogP contribution in [-0.2, 0) is 11.6 Å². The van der Waals surface area contributed by atoms with E-state index < -0.39 is 20.4 Å². The van der Waals surface area contributed by atoms with Gasteiger partial charge in [-0.2, -0.15) is 0 Å². The first kappa shape index (κ1) is 23.0. The fourth-order valence-electron chi connectivity index (χ4n) is 6.14. The molecule has 2 atom stereocenters. The Labute approximate surface area is 205 Å². The second-order valence-electron chi connectivity index (χ2n) is 10.9. The molecule has 0 amide bonds. The van der Waals surface area contributed by atoms with Crippen LogP contribution < -0.4 is 5.19 Å². The Kier molecular flexibility index (Phi) is 5.55. The highest BCUT2D eigenvalue weighted by atomic mass is 29.3. The average molecular weight is 479 g/mol. The molecular formula is C31H34OSi2. The van der Waals surface area contributed by atoms with Gasteiger partial charge in [-0.25, -0.2) is 0 Å². The summed E-state index contributed by atoms with van der Waals surface area (Å²) >= 11 is 0. The van der Waals surface area contributed by atoms with Crippen LogP contribution in [0, 0.1) is 6.92 Å². The molecule has 0 saturated carbocycles. The minimum absolute atomic E-state index is 0.952. The maximum Gasteiger partial charge on any atom is 0.124 e. The zero-order valence-electron chi connectivity index (χ0n) is 20.9. The van der Waals surface area contributed by atoms with Gasteiger partial charge in [-0.15, -0.1) is 0 Å². The lowest BCUT2D eigenvalue weighted by atomic mass is 9.96. The zero-order valence-corrected chi connectivity index (χ0v) is 22.9. The summed E-state index contributed by atoms with van der Waals surface area (Å²) in [6.45, 7) is 12.0. The summed E-state index contributed by atoms with van der Waals surface area (Å²) in [5.74, 6) is 0. The van der Waals surface area contributed by atoms with Crippen molar-refractivity contribution in [3.63, 3.8) is 0 Å². The van der Waals surface area contributed by atoms with Crippen molar-refractivity contribution in [2.24, 2.45) is 0 Å². The van der Waals surface area contributed by atoms with Gasteiger partial charge in [0, 0.05) is 7.59 Å². The molecule has 0 radical (unpaired) electrons. The van der Waals surface area contributed by atoms with Gasteiger partial charge in [0.1, 0.15) is 12.8 Å². The summed E-state index contributed by atoms with van der Waals surface area (Å²) in [5, 5.41) is 13.7. The third kappa shape index (κ3) is 3.22. The zero-order chi connectivity index (χ0) is 24.1. The molecule has 0 bridgehead atoms. The minimum Gasteiger partial charge on any atom is -0.384 e. The molecule has 0 saturated heterocycles. The van der Waals surface area contributed by atoms with Gasteiger partial charge >= 0.3 is 0 Å². The molecule has 1 aliphatic rings. The predicted octanol–water partition coefficient (Wildman–Crippen LogP) is 6.74. The Morgan fingerprint density at radius 3 is 2.00 bits per heavy atom. The van der Waals surface area contributed by atoms with E-state index in [4.69, 9.17) is 0 Å². The van der Waals surface area contributed by atoms with Gasteiger partial charge in [0.25, 0.3) is 0 Å². The second kappa shape index (κ2) is 8.19. The van der Waals surface area contributed by atoms with Crippen molar-refractivity contribution in [2.45, 2.75) is 44.8 Å². The number of hydrogen-bond donors (Lipinski definition) is 1. The van der Waals surface area contributed by atoms with E-state index in [0.717, 1.165) is 23.1 Å². The summed E-state index contributed by atoms with van der Waals surface area (Å²) in [5.41, 5.74) is 8.77. The van der Waals surface area contributed by atoms with E-state index in [1.54, 1.807) is 0 Å². The van der Waals surface area contributed by atoms with Gasteiger partial charge in [0.15, 0.2) is 0 Å². The van der Waals surface area contributed by atoms with Crippen LogP contribution >= 0.6 is 0 Å². The van der Waals surface area contributed by atoms with E-state index in [2.05, 4.69) is 124 Å². The van der Waals surface area contributed by atoms with Crippen molar-refractivity contribution >= 4 is 20.4 Å². The van der Waals surface area contributed by atoms with Gasteiger partial charge < -0.3 is 5.11 Å². The quantitative estimate of drug-likeness (QED) is 0.277. The van der Waals surface area contributed by atoms with E-state index >= 15 is 0 Å². The normalized spacial score (nSPS) is 16.3. The molecule has 34 heavy (non-hydrogen) atoms. The summed E-state index contributed by atoms with van der Waals surface area (Å²) in [4.78, 5) is 0. The van der Waals surface area contributed by atoms with Crippen molar-refractivity contribution in [1.29, 1.82) is 0 Å². The third-order valence-electron chi connectivity index (χ3n) is 8.34. The van der Waals surface area contributed by atoms with Crippen LogP contribution in [0.3, 0.4) is 0 Å². The first-order chi connectivity index (χ1) is 16.2. The summed E-state index contributed by atoms with van der Waals surface area (Å²) in [6.07, 6.45) is 0.952. The highest BCUT2D eigenvalue weighted by Gasteiger charge is 2.60. The lowest BCUT2D eigenvalue weighted by Gasteiger charge is -2.52. The van der Waals surface area contributed by atoms with Crippen molar-refractivity contribution in [2.75, 3.05) is 0 Å². The smallest absolute Gasteiger partial charge is 0.124 e. The fraction of sp³-hybridized carbons (Fsp3) is 0.226. The van der Waals surface area contributed by atoms with E-state index in [1.807, 2.05) is 6.07 Å². The molecule has 4 aromatic carbocycles. The van der Waals surface area contributed by atoms with Gasteiger partial charge in [-0.05, 0) is 52.3 Å². The van der Waals surface area contributed by atoms with Gasteiger partial charge in [0.05, 0.1) is 0 Å². The highest BCUT2D eigenvalue weighted by Crippen LogP contribution is 2.46. The molecule has 1 N–H and O–H groups in total. The topological polar surface area (TPSA) is 20.2 Å². The number of rotatable bonds is 5. The average Bonchev–Trinajstić information content (AvgIpc) is 3.22. The number of hydrogen-bond acceptors (Lipinski definition) is 1. The van der Waals surface area contributed by atoms with Crippen LogP contribution in [0.25, 0.3) is 11.1 Å². The monoisotopic (exact) mass is 478 g/mol. The predicted molar refractivity (Wildman–Crippen MR) is 150 cm³/mol. The maximum absolute atomic E-state index is 13.3. The lowest BCUT2D eigenvalue weighted by molar-refractivity contribution is 0.161. The summed E-state index contributed by atoms with van der Waals surface area (Å²) < 4.78 is 0. The molecule has 4 aromatic rings. The molecule has 0 aromatic heterocycles. The molecule has 5 rings (SSSR count). The summed E-state index contributed by atoms with van der Waals surface area (Å²) in [7, 11) is -4.53. The van der Waals surface area contributed by atoms with Crippen molar-refractivity contribution in [1.82, 2.24) is 0 Å². The highest BCUT2D eigenvalue weighted by molar-refractivity contribution is 7.46. The molecule has 2 unspecified atom stereocenters. The molecule has 172 valence electrons. The van der Waals surface area contributed by atoms with E-state index in [-0.39, 0.29) is 0 Å². The number of aryl methyl sites for hydroxylation is 1. The Balaban J connectivity index is 1.87. The van der Waals surface area contributed by atoms with Gasteiger partial charge in [-0.1, -0.05) is 128 Å². The van der Waals surface area contributed by atoms with Crippen LogP contribution in [-0.4, -0.2) is 20.3 Å². The van der Waals surface area contributed by atoms with E-state index in [1.165, 1.54) is 27.4 Å². The Morgan fingerprint density at radius 1 is 0.676 bits per heavy atom. The van der Waals surface area contributed by atoms with Crippen molar-refractivity contribution in [3.8, 4) is 11.1 Å². The minimum atomic E-state index is -2.60. The lowest BCUT2D eigenvalue weighted by Crippen LogP contribution is -2.76. The molecule has 1 nitrogen and oxygen atoms in total. The fourth-order valence-corrected chi connectivity index (χ4v) is 18.5. The largest absolute Gasteiger partial charge is 0.384 e. The molecule has 0 heterocycles. The maximum atomic E-state index is 13.3. The third-order valence-corrected chi connectivity index (χ3v) is 25.8. The first-order valence-electron chi connectivity index (χ1n) is 12.2. The molecule has 0 aliphatic heterocycles. The molecule has 3 heteroatoms. The van der Waals surface area contributed by atoms with Crippen LogP contribution in [0.2, 0.25) is 26.2 Å². The molecule has 0 fully saturated rings. The van der Waals surface area contributed by atoms with Crippen LogP contribution in [0.1, 0.15) is 27.8 Å². The first-order valence-corrected chi connectivity index (χ1v) is 19.2. The standard InChI is InChI=1S/C31H34OSi2/c1-23-14-9-12-20-29(23)31(32,25-16-7-6-8-17-25)34(5,33(2,3)4)30-21-13-19-27-26-18-11-10-15-24(26)22-28(27)30/h6-21,32H,22H2,1-5H3. The van der Waals surface area contributed by atoms with Gasteiger partial charge in [0.2, 0.25) is 0 Å². The van der Waals surface area contributed by atoms with Crippen LogP contribution in [0.4, 0.5) is 0 Å². The van der Waals surface area contributed by atoms with E-state index in [0.29, 0.717) is 0 Å². The van der Waals surface area contributed by atoms with Crippen LogP contribution in [0.5, 0.6) is 0 Å². The Morgan fingerprint density at radius 2 is 1.29 bits per heavy atom. The van der Waals surface area contributed by atoms with E-state index in [9.17, 15) is 5.11 Å². The molecule has 1 aliphatic carbocycles. The number of fused-ring (bicyclic) bond motifs is 3. The number of aliphatic hydroxyl groups is 1. The molecule has 0 spiro atoms. The SMILES string of the molecule is Cc1ccccc1C(O)(c1ccccc1)[Si](C)(c1cccc2c1Cc1ccccc1-2)[Si](C)(C)C. The van der Waals surface area contributed by atoms with Crippen molar-refractivity contribution < 1.29 is 5.11 Å². The Bertz CT molecular complexity index is 1360. The second-order valence-corrected chi connectivity index (χ2v) is 26.4.